The highest BCUT2D eigenvalue weighted by Gasteiger charge is 2.51. The summed E-state index contributed by atoms with van der Waals surface area (Å²) in [7, 11) is 0. The van der Waals surface area contributed by atoms with Crippen molar-refractivity contribution in [1.29, 1.82) is 0 Å². The smallest absolute Gasteiger partial charge is 0.0733 e. The lowest BCUT2D eigenvalue weighted by molar-refractivity contribution is -0.0981. The molecule has 1 aliphatic heterocycles. The number of thioether (sulfide) groups is 1. The van der Waals surface area contributed by atoms with Gasteiger partial charge in [0.05, 0.1) is 12.2 Å². The lowest BCUT2D eigenvalue weighted by atomic mass is 9.69. The Bertz CT molecular complexity index is 193. The van der Waals surface area contributed by atoms with Crippen molar-refractivity contribution in [2.24, 2.45) is 5.41 Å². The molecule has 1 aliphatic carbocycles. The maximum atomic E-state index is 10.6. The molecule has 0 aromatic heterocycles. The van der Waals surface area contributed by atoms with E-state index >= 15 is 0 Å². The van der Waals surface area contributed by atoms with Crippen LogP contribution in [0.1, 0.15) is 38.5 Å². The van der Waals surface area contributed by atoms with Crippen LogP contribution in [0.4, 0.5) is 0 Å². The molecule has 2 N–H and O–H groups in total. The molecule has 0 spiro atoms. The van der Waals surface area contributed by atoms with E-state index in [2.05, 4.69) is 0 Å². The molecule has 2 aliphatic rings. The summed E-state index contributed by atoms with van der Waals surface area (Å²) in [5, 5.41) is 20.2. The Morgan fingerprint density at radius 2 is 1.79 bits per heavy atom. The average Bonchev–Trinajstić information content (AvgIpc) is 2.68. The molecule has 0 bridgehead atoms. The van der Waals surface area contributed by atoms with Crippen LogP contribution < -0.4 is 0 Å². The quantitative estimate of drug-likeness (QED) is 0.739. The van der Waals surface area contributed by atoms with Crippen LogP contribution in [-0.2, 0) is 0 Å². The van der Waals surface area contributed by atoms with E-state index in [1.54, 1.807) is 0 Å². The van der Waals surface area contributed by atoms with Gasteiger partial charge in [-0.25, -0.2) is 0 Å². The molecular formula is C11H20O2S. The zero-order valence-corrected chi connectivity index (χ0v) is 9.48. The van der Waals surface area contributed by atoms with Gasteiger partial charge in [-0.3, -0.25) is 0 Å². The summed E-state index contributed by atoms with van der Waals surface area (Å²) in [4.78, 5) is 0. The molecule has 14 heavy (non-hydrogen) atoms. The highest BCUT2D eigenvalue weighted by Crippen LogP contribution is 2.50. The third-order valence-corrected chi connectivity index (χ3v) is 5.38. The standard InChI is InChI=1S/C11H20O2S/c12-8-10(4-3-7-14-9-10)11(13)5-1-2-6-11/h12-13H,1-9H2. The number of rotatable bonds is 2. The van der Waals surface area contributed by atoms with E-state index in [9.17, 15) is 10.2 Å². The molecule has 3 heteroatoms. The minimum atomic E-state index is -0.560. The second kappa shape index (κ2) is 4.03. The minimum Gasteiger partial charge on any atom is -0.396 e. The Morgan fingerprint density at radius 3 is 2.29 bits per heavy atom. The number of aliphatic hydroxyl groups is 2. The van der Waals surface area contributed by atoms with Crippen LogP contribution in [-0.4, -0.2) is 33.9 Å². The Morgan fingerprint density at radius 1 is 1.07 bits per heavy atom. The molecule has 2 rings (SSSR count). The first-order valence-corrected chi connectivity index (χ1v) is 6.79. The zero-order valence-electron chi connectivity index (χ0n) is 8.67. The average molecular weight is 216 g/mol. The molecule has 82 valence electrons. The molecule has 1 heterocycles. The predicted molar refractivity (Wildman–Crippen MR) is 59.5 cm³/mol. The molecule has 2 fully saturated rings. The van der Waals surface area contributed by atoms with E-state index < -0.39 is 5.60 Å². The molecule has 1 atom stereocenters. The summed E-state index contributed by atoms with van der Waals surface area (Å²) in [6, 6.07) is 0. The van der Waals surface area contributed by atoms with Gasteiger partial charge in [-0.1, -0.05) is 12.8 Å². The van der Waals surface area contributed by atoms with Gasteiger partial charge in [0.15, 0.2) is 0 Å². The summed E-state index contributed by atoms with van der Waals surface area (Å²) in [6.07, 6.45) is 6.20. The number of hydrogen-bond donors (Lipinski definition) is 2. The number of hydrogen-bond acceptors (Lipinski definition) is 3. The van der Waals surface area contributed by atoms with E-state index in [1.165, 1.54) is 5.75 Å². The van der Waals surface area contributed by atoms with Gasteiger partial charge in [-0.2, -0.15) is 11.8 Å². The third-order valence-electron chi connectivity index (χ3n) is 4.04. The van der Waals surface area contributed by atoms with Gasteiger partial charge in [0.2, 0.25) is 0 Å². The van der Waals surface area contributed by atoms with Gasteiger partial charge in [0, 0.05) is 11.2 Å². The van der Waals surface area contributed by atoms with Crippen molar-refractivity contribution in [2.75, 3.05) is 18.1 Å². The molecule has 1 saturated heterocycles. The van der Waals surface area contributed by atoms with Crippen molar-refractivity contribution in [3.8, 4) is 0 Å². The van der Waals surface area contributed by atoms with Crippen molar-refractivity contribution in [3.05, 3.63) is 0 Å². The van der Waals surface area contributed by atoms with Crippen LogP contribution in [0.2, 0.25) is 0 Å². The van der Waals surface area contributed by atoms with Crippen LogP contribution in [0.3, 0.4) is 0 Å². The fraction of sp³-hybridized carbons (Fsp3) is 1.00. The first kappa shape index (κ1) is 10.8. The third kappa shape index (κ3) is 1.59. The normalized spacial score (nSPS) is 37.3. The minimum absolute atomic E-state index is 0.163. The topological polar surface area (TPSA) is 40.5 Å². The lowest BCUT2D eigenvalue weighted by Gasteiger charge is -2.46. The van der Waals surface area contributed by atoms with Gasteiger partial charge in [0.1, 0.15) is 0 Å². The van der Waals surface area contributed by atoms with Gasteiger partial charge >= 0.3 is 0 Å². The molecule has 1 saturated carbocycles. The largest absolute Gasteiger partial charge is 0.396 e. The van der Waals surface area contributed by atoms with Crippen molar-refractivity contribution in [1.82, 2.24) is 0 Å². The lowest BCUT2D eigenvalue weighted by Crippen LogP contribution is -2.52. The van der Waals surface area contributed by atoms with Crippen molar-refractivity contribution < 1.29 is 10.2 Å². The van der Waals surface area contributed by atoms with Gasteiger partial charge in [-0.05, 0) is 31.4 Å². The van der Waals surface area contributed by atoms with E-state index in [4.69, 9.17) is 0 Å². The van der Waals surface area contributed by atoms with Crippen LogP contribution in [0.5, 0.6) is 0 Å². The monoisotopic (exact) mass is 216 g/mol. The van der Waals surface area contributed by atoms with Crippen LogP contribution in [0.25, 0.3) is 0 Å². The molecule has 0 aromatic carbocycles. The maximum Gasteiger partial charge on any atom is 0.0733 e. The van der Waals surface area contributed by atoms with Gasteiger partial charge in [0.25, 0.3) is 0 Å². The highest BCUT2D eigenvalue weighted by molar-refractivity contribution is 7.99. The molecule has 0 radical (unpaired) electrons. The van der Waals surface area contributed by atoms with Gasteiger partial charge in [-0.15, -0.1) is 0 Å². The fourth-order valence-corrected chi connectivity index (χ4v) is 4.37. The molecule has 0 amide bonds. The van der Waals surface area contributed by atoms with E-state index in [0.717, 1.165) is 44.3 Å². The van der Waals surface area contributed by atoms with Crippen LogP contribution >= 0.6 is 11.8 Å². The number of aliphatic hydroxyl groups excluding tert-OH is 1. The summed E-state index contributed by atoms with van der Waals surface area (Å²) in [5.74, 6) is 2.14. The predicted octanol–water partition coefficient (Wildman–Crippen LogP) is 1.80. The molecule has 2 nitrogen and oxygen atoms in total. The second-order valence-corrected chi connectivity index (χ2v) is 5.94. The highest BCUT2D eigenvalue weighted by atomic mass is 32.2. The zero-order chi connectivity index (χ0) is 10.1. The van der Waals surface area contributed by atoms with Crippen LogP contribution in [0, 0.1) is 5.41 Å². The van der Waals surface area contributed by atoms with E-state index in [1.807, 2.05) is 11.8 Å². The van der Waals surface area contributed by atoms with Crippen molar-refractivity contribution in [3.63, 3.8) is 0 Å². The van der Waals surface area contributed by atoms with Gasteiger partial charge < -0.3 is 10.2 Å². The van der Waals surface area contributed by atoms with Crippen LogP contribution in [0.15, 0.2) is 0 Å². The fourth-order valence-electron chi connectivity index (χ4n) is 2.98. The Balaban J connectivity index is 2.16. The van der Waals surface area contributed by atoms with E-state index in [-0.39, 0.29) is 12.0 Å². The Labute approximate surface area is 90.1 Å². The molecule has 0 aromatic rings. The second-order valence-electron chi connectivity index (χ2n) is 4.83. The Kier molecular flexibility index (Phi) is 3.10. The van der Waals surface area contributed by atoms with Crippen molar-refractivity contribution in [2.45, 2.75) is 44.1 Å². The first-order valence-electron chi connectivity index (χ1n) is 5.63. The SMILES string of the molecule is OCC1(C2(O)CCCC2)CCCSC1. The summed E-state index contributed by atoms with van der Waals surface area (Å²) in [5.41, 5.74) is -0.748. The summed E-state index contributed by atoms with van der Waals surface area (Å²) < 4.78 is 0. The Hall–Kier alpha value is 0.270. The van der Waals surface area contributed by atoms with Crippen molar-refractivity contribution >= 4 is 11.8 Å². The summed E-state index contributed by atoms with van der Waals surface area (Å²) >= 11 is 1.89. The molecule has 1 unspecified atom stereocenters. The maximum absolute atomic E-state index is 10.6. The first-order chi connectivity index (χ1) is 6.72. The molecular weight excluding hydrogens is 196 g/mol. The summed E-state index contributed by atoms with van der Waals surface area (Å²) in [6.45, 7) is 0.163. The van der Waals surface area contributed by atoms with E-state index in [0.29, 0.717) is 0 Å².